The zero-order chi connectivity index (χ0) is 20.1. The van der Waals surface area contributed by atoms with Crippen LogP contribution >= 0.6 is 0 Å². The van der Waals surface area contributed by atoms with E-state index in [-0.39, 0.29) is 5.91 Å². The second-order valence-electron chi connectivity index (χ2n) is 7.25. The number of aryl methyl sites for hydroxylation is 3. The van der Waals surface area contributed by atoms with Crippen LogP contribution in [-0.2, 0) is 4.79 Å². The number of hydrogen-bond acceptors (Lipinski definition) is 4. The third-order valence-electron chi connectivity index (χ3n) is 4.79. The minimum absolute atomic E-state index is 0.0773. The summed E-state index contributed by atoms with van der Waals surface area (Å²) in [6.45, 7) is 12.1. The minimum Gasteiger partial charge on any atom is -0.493 e. The Morgan fingerprint density at radius 3 is 2.59 bits per heavy atom. The van der Waals surface area contributed by atoms with Gasteiger partial charge in [0.2, 0.25) is 5.91 Å². The SMILES string of the molecule is CCOc1c(/C(C)=C/C(=O)NCCCN(C)C)cc2c(C)c(C)oc2c1C. The fraction of sp³-hybridized carbons (Fsp3) is 0.500. The van der Waals surface area contributed by atoms with Gasteiger partial charge < -0.3 is 19.4 Å². The molecule has 148 valence electrons. The molecule has 5 nitrogen and oxygen atoms in total. The summed E-state index contributed by atoms with van der Waals surface area (Å²) in [5, 5.41) is 4.03. The van der Waals surface area contributed by atoms with E-state index < -0.39 is 0 Å². The van der Waals surface area contributed by atoms with Gasteiger partial charge in [-0.05, 0) is 78.9 Å². The van der Waals surface area contributed by atoms with Crippen LogP contribution in [0.3, 0.4) is 0 Å². The Labute approximate surface area is 162 Å². The summed E-state index contributed by atoms with van der Waals surface area (Å²) in [6, 6.07) is 2.07. The smallest absolute Gasteiger partial charge is 0.244 e. The van der Waals surface area contributed by atoms with Gasteiger partial charge in [-0.25, -0.2) is 0 Å². The van der Waals surface area contributed by atoms with E-state index >= 15 is 0 Å². The van der Waals surface area contributed by atoms with Crippen molar-refractivity contribution in [3.8, 4) is 5.75 Å². The monoisotopic (exact) mass is 372 g/mol. The number of hydrogen-bond donors (Lipinski definition) is 1. The van der Waals surface area contributed by atoms with E-state index in [9.17, 15) is 4.79 Å². The van der Waals surface area contributed by atoms with E-state index in [2.05, 4.69) is 23.2 Å². The summed E-state index contributed by atoms with van der Waals surface area (Å²) >= 11 is 0. The van der Waals surface area contributed by atoms with Gasteiger partial charge in [0.05, 0.1) is 6.61 Å². The minimum atomic E-state index is -0.0773. The summed E-state index contributed by atoms with van der Waals surface area (Å²) in [5.74, 6) is 1.62. The molecule has 0 radical (unpaired) electrons. The number of carbonyl (C=O) groups excluding carboxylic acids is 1. The lowest BCUT2D eigenvalue weighted by Gasteiger charge is -2.14. The molecule has 0 fully saturated rings. The molecule has 0 bridgehead atoms. The van der Waals surface area contributed by atoms with Crippen LogP contribution in [-0.4, -0.2) is 44.6 Å². The van der Waals surface area contributed by atoms with Gasteiger partial charge in [0, 0.05) is 29.1 Å². The van der Waals surface area contributed by atoms with Crippen LogP contribution in [0.1, 0.15) is 42.7 Å². The number of rotatable bonds is 8. The van der Waals surface area contributed by atoms with Crippen molar-refractivity contribution in [1.29, 1.82) is 0 Å². The highest BCUT2D eigenvalue weighted by molar-refractivity contribution is 5.98. The fourth-order valence-electron chi connectivity index (χ4n) is 3.17. The topological polar surface area (TPSA) is 54.7 Å². The molecule has 0 atom stereocenters. The van der Waals surface area contributed by atoms with Crippen molar-refractivity contribution in [1.82, 2.24) is 10.2 Å². The molecule has 5 heteroatoms. The molecule has 1 amide bonds. The highest BCUT2D eigenvalue weighted by atomic mass is 16.5. The van der Waals surface area contributed by atoms with E-state index in [4.69, 9.17) is 9.15 Å². The molecule has 0 aliphatic rings. The maximum Gasteiger partial charge on any atom is 0.244 e. The van der Waals surface area contributed by atoms with Gasteiger partial charge in [0.1, 0.15) is 17.1 Å². The van der Waals surface area contributed by atoms with Crippen molar-refractivity contribution in [3.63, 3.8) is 0 Å². The molecule has 1 heterocycles. The largest absolute Gasteiger partial charge is 0.493 e. The molecule has 27 heavy (non-hydrogen) atoms. The van der Waals surface area contributed by atoms with Crippen LogP contribution in [0.15, 0.2) is 16.6 Å². The number of nitrogens with zero attached hydrogens (tertiary/aromatic N) is 1. The maximum absolute atomic E-state index is 12.3. The highest BCUT2D eigenvalue weighted by Crippen LogP contribution is 2.38. The Balaban J connectivity index is 2.33. The number of carbonyl (C=O) groups is 1. The first-order valence-corrected chi connectivity index (χ1v) is 9.53. The van der Waals surface area contributed by atoms with Gasteiger partial charge in [0.25, 0.3) is 0 Å². The number of amides is 1. The first-order valence-electron chi connectivity index (χ1n) is 9.53. The molecule has 0 spiro atoms. The second kappa shape index (κ2) is 9.09. The lowest BCUT2D eigenvalue weighted by molar-refractivity contribution is -0.116. The van der Waals surface area contributed by atoms with Crippen molar-refractivity contribution < 1.29 is 13.9 Å². The van der Waals surface area contributed by atoms with Gasteiger partial charge in [-0.3, -0.25) is 4.79 Å². The van der Waals surface area contributed by atoms with Crippen LogP contribution in [0.25, 0.3) is 16.5 Å². The molecule has 0 saturated heterocycles. The molecule has 0 aliphatic carbocycles. The van der Waals surface area contributed by atoms with E-state index in [0.717, 1.165) is 57.7 Å². The summed E-state index contributed by atoms with van der Waals surface area (Å²) in [4.78, 5) is 14.4. The average molecular weight is 373 g/mol. The number of benzene rings is 1. The number of fused-ring (bicyclic) bond motifs is 1. The first-order chi connectivity index (χ1) is 12.8. The van der Waals surface area contributed by atoms with E-state index in [1.54, 1.807) is 6.08 Å². The number of ether oxygens (including phenoxy) is 1. The number of allylic oxidation sites excluding steroid dienone is 1. The zero-order valence-corrected chi connectivity index (χ0v) is 17.7. The third kappa shape index (κ3) is 4.92. The Morgan fingerprint density at radius 2 is 1.96 bits per heavy atom. The van der Waals surface area contributed by atoms with Gasteiger partial charge in [-0.1, -0.05) is 0 Å². The fourth-order valence-corrected chi connectivity index (χ4v) is 3.17. The van der Waals surface area contributed by atoms with Crippen molar-refractivity contribution in [3.05, 3.63) is 34.6 Å². The van der Waals surface area contributed by atoms with Crippen LogP contribution in [0, 0.1) is 20.8 Å². The van der Waals surface area contributed by atoms with Crippen LogP contribution < -0.4 is 10.1 Å². The highest BCUT2D eigenvalue weighted by Gasteiger charge is 2.18. The predicted octanol–water partition coefficient (Wildman–Crippen LogP) is 4.23. The Kier molecular flexibility index (Phi) is 7.08. The molecule has 2 rings (SSSR count). The Hall–Kier alpha value is -2.27. The summed E-state index contributed by atoms with van der Waals surface area (Å²) in [7, 11) is 4.05. The summed E-state index contributed by atoms with van der Waals surface area (Å²) in [6.07, 6.45) is 2.58. The molecule has 1 N–H and O–H groups in total. The van der Waals surface area contributed by atoms with Gasteiger partial charge in [-0.2, -0.15) is 0 Å². The van der Waals surface area contributed by atoms with Gasteiger partial charge in [0.15, 0.2) is 0 Å². The van der Waals surface area contributed by atoms with E-state index in [1.165, 1.54) is 0 Å². The van der Waals surface area contributed by atoms with Crippen LogP contribution in [0.2, 0.25) is 0 Å². The first kappa shape index (κ1) is 21.0. The normalized spacial score (nSPS) is 12.1. The number of nitrogens with one attached hydrogen (secondary N) is 1. The Morgan fingerprint density at radius 1 is 1.26 bits per heavy atom. The lowest BCUT2D eigenvalue weighted by Crippen LogP contribution is -2.25. The predicted molar refractivity (Wildman–Crippen MR) is 111 cm³/mol. The van der Waals surface area contributed by atoms with Crippen molar-refractivity contribution >= 4 is 22.4 Å². The molecule has 0 unspecified atom stereocenters. The third-order valence-corrected chi connectivity index (χ3v) is 4.79. The zero-order valence-electron chi connectivity index (χ0n) is 17.7. The van der Waals surface area contributed by atoms with Crippen molar-refractivity contribution in [2.24, 2.45) is 0 Å². The molecular weight excluding hydrogens is 340 g/mol. The molecule has 1 aromatic heterocycles. The second-order valence-corrected chi connectivity index (χ2v) is 7.25. The van der Waals surface area contributed by atoms with Crippen molar-refractivity contribution in [2.75, 3.05) is 33.8 Å². The van der Waals surface area contributed by atoms with Crippen LogP contribution in [0.5, 0.6) is 5.75 Å². The Bertz CT molecular complexity index is 847. The standard InChI is InChI=1S/C22H32N2O3/c1-8-26-21-16(4)22-19(15(3)17(5)27-22)13-18(21)14(2)12-20(25)23-10-9-11-24(6)7/h12-13H,8-11H2,1-7H3,(H,23,25)/b14-12+. The lowest BCUT2D eigenvalue weighted by atomic mass is 9.98. The molecular formula is C22H32N2O3. The van der Waals surface area contributed by atoms with Crippen molar-refractivity contribution in [2.45, 2.75) is 41.0 Å². The van der Waals surface area contributed by atoms with E-state index in [1.807, 2.05) is 41.8 Å². The summed E-state index contributed by atoms with van der Waals surface area (Å²) < 4.78 is 11.8. The quantitative estimate of drug-likeness (QED) is 0.557. The maximum atomic E-state index is 12.3. The molecule has 1 aromatic carbocycles. The molecule has 0 aliphatic heterocycles. The average Bonchev–Trinajstić information content (AvgIpc) is 2.89. The van der Waals surface area contributed by atoms with Gasteiger partial charge in [-0.15, -0.1) is 0 Å². The number of furan rings is 1. The van der Waals surface area contributed by atoms with Crippen LogP contribution in [0.4, 0.5) is 0 Å². The van der Waals surface area contributed by atoms with E-state index in [0.29, 0.717) is 13.2 Å². The van der Waals surface area contributed by atoms with Gasteiger partial charge >= 0.3 is 0 Å². The molecule has 0 saturated carbocycles. The molecule has 2 aromatic rings. The summed E-state index contributed by atoms with van der Waals surface area (Å²) in [5.41, 5.74) is 4.78.